The van der Waals surface area contributed by atoms with Gasteiger partial charge in [0.15, 0.2) is 0 Å². The van der Waals surface area contributed by atoms with Crippen LogP contribution in [0.3, 0.4) is 0 Å². The molecule has 0 aliphatic rings. The molecule has 133 heavy (non-hydrogen) atoms. The summed E-state index contributed by atoms with van der Waals surface area (Å²) in [7, 11) is 0. The molecule has 0 fully saturated rings. The van der Waals surface area contributed by atoms with Crippen molar-refractivity contribution in [3.63, 3.8) is 0 Å². The highest BCUT2D eigenvalue weighted by molar-refractivity contribution is 6.34. The van der Waals surface area contributed by atoms with Gasteiger partial charge >= 0.3 is 0 Å². The molecular weight excluding hydrogens is 1610 g/mol. The summed E-state index contributed by atoms with van der Waals surface area (Å²) < 4.78 is 6.88. The van der Waals surface area contributed by atoms with Crippen LogP contribution in [0.4, 0.5) is 0 Å². The van der Waals surface area contributed by atoms with Gasteiger partial charge in [-0.05, 0) is 263 Å². The summed E-state index contributed by atoms with van der Waals surface area (Å²) in [6.07, 6.45) is 0. The van der Waals surface area contributed by atoms with E-state index >= 15 is 0 Å². The van der Waals surface area contributed by atoms with Crippen LogP contribution >= 0.6 is 0 Å². The van der Waals surface area contributed by atoms with Gasteiger partial charge in [0, 0.05) is 33.8 Å². The van der Waals surface area contributed by atoms with Crippen molar-refractivity contribution in [1.29, 1.82) is 0 Å². The van der Waals surface area contributed by atoms with Crippen LogP contribution in [-0.2, 0) is 0 Å². The number of fused-ring (bicyclic) bond motifs is 8. The van der Waals surface area contributed by atoms with Crippen molar-refractivity contribution in [2.45, 2.75) is 0 Å². The minimum Gasteiger partial charge on any atom is -0.292 e. The summed E-state index contributed by atoms with van der Waals surface area (Å²) >= 11 is 0. The number of hydrogen-bond acceptors (Lipinski definition) is 3. The first-order chi connectivity index (χ1) is 65.9. The third-order valence-electron chi connectivity index (χ3n) is 27.8. The molecule has 3 heterocycles. The summed E-state index contributed by atoms with van der Waals surface area (Å²) in [6.45, 7) is 0. The molecule has 3 aromatic heterocycles. The van der Waals surface area contributed by atoms with Crippen LogP contribution in [0, 0.1) is 0 Å². The molecule has 0 unspecified atom stereocenters. The maximum Gasteiger partial charge on any atom is 0.146 e. The van der Waals surface area contributed by atoms with Gasteiger partial charge in [-0.1, -0.05) is 394 Å². The first-order valence-electron chi connectivity index (χ1n) is 45.7. The molecule has 616 valence electrons. The van der Waals surface area contributed by atoms with Crippen LogP contribution in [0.2, 0.25) is 0 Å². The van der Waals surface area contributed by atoms with Crippen LogP contribution in [0.25, 0.3) is 269 Å². The molecule has 0 amide bonds. The molecule has 29 aromatic rings. The predicted octanol–water partition coefficient (Wildman–Crippen LogP) is 34.1. The fraction of sp³-hybridized carbons (Fsp3) is 0. The Morgan fingerprint density at radius 3 is 1.02 bits per heavy atom. The van der Waals surface area contributed by atoms with E-state index in [2.05, 4.69) is 487 Å². The van der Waals surface area contributed by atoms with Gasteiger partial charge in [-0.15, -0.1) is 0 Å². The summed E-state index contributed by atoms with van der Waals surface area (Å²) in [5, 5.41) is 33.6. The molecule has 0 atom stereocenters. The van der Waals surface area contributed by atoms with E-state index in [1.807, 2.05) is 0 Å². The Kier molecular flexibility index (Phi) is 17.3. The second kappa shape index (κ2) is 30.5. The molecule has 0 aliphatic carbocycles. The molecule has 0 saturated carbocycles. The summed E-state index contributed by atoms with van der Waals surface area (Å²) in [4.78, 5) is 15.5. The molecule has 0 saturated heterocycles. The molecule has 6 nitrogen and oxygen atoms in total. The van der Waals surface area contributed by atoms with E-state index in [9.17, 15) is 0 Å². The van der Waals surface area contributed by atoms with E-state index < -0.39 is 0 Å². The molecule has 0 bridgehead atoms. The van der Waals surface area contributed by atoms with Crippen LogP contribution in [0.5, 0.6) is 0 Å². The topological polar surface area (TPSA) is 53.5 Å². The van der Waals surface area contributed by atoms with Crippen LogP contribution in [0.1, 0.15) is 0 Å². The van der Waals surface area contributed by atoms with Gasteiger partial charge in [0.1, 0.15) is 17.5 Å². The van der Waals surface area contributed by atoms with E-state index in [1.54, 1.807) is 0 Å². The molecule has 0 N–H and O–H groups in total. The second-order valence-corrected chi connectivity index (χ2v) is 35.2. The first kappa shape index (κ1) is 75.4. The quantitative estimate of drug-likeness (QED) is 0.101. The Morgan fingerprint density at radius 1 is 0.135 bits per heavy atom. The van der Waals surface area contributed by atoms with Crippen molar-refractivity contribution in [3.05, 3.63) is 473 Å². The molecule has 0 radical (unpaired) electrons. The predicted molar refractivity (Wildman–Crippen MR) is 562 cm³/mol. The lowest BCUT2D eigenvalue weighted by Crippen LogP contribution is -1.98. The monoisotopic (exact) mass is 1690 g/mol. The van der Waals surface area contributed by atoms with Crippen molar-refractivity contribution < 1.29 is 0 Å². The number of nitrogens with zero attached hydrogens (tertiary/aromatic N) is 6. The molecule has 0 spiro atoms. The zero-order chi connectivity index (χ0) is 87.3. The number of aromatic nitrogens is 6. The number of rotatable bonds is 10. The zero-order valence-corrected chi connectivity index (χ0v) is 72.2. The summed E-state index contributed by atoms with van der Waals surface area (Å²) in [5.74, 6) is 2.84. The normalized spacial score (nSPS) is 11.9. The smallest absolute Gasteiger partial charge is 0.146 e. The minimum absolute atomic E-state index is 0.933. The fourth-order valence-electron chi connectivity index (χ4n) is 21.7. The third-order valence-corrected chi connectivity index (χ3v) is 27.8. The van der Waals surface area contributed by atoms with Gasteiger partial charge in [0.05, 0.1) is 33.1 Å². The zero-order valence-electron chi connectivity index (χ0n) is 72.2. The van der Waals surface area contributed by atoms with Crippen molar-refractivity contribution in [1.82, 2.24) is 28.7 Å². The molecule has 6 heteroatoms. The van der Waals surface area contributed by atoms with E-state index in [1.165, 1.54) is 185 Å². The van der Waals surface area contributed by atoms with Gasteiger partial charge in [-0.2, -0.15) is 0 Å². The Balaban J connectivity index is 0.000000103. The number of para-hydroxylation sites is 4. The van der Waals surface area contributed by atoms with Gasteiger partial charge < -0.3 is 0 Å². The summed E-state index contributed by atoms with van der Waals surface area (Å²) in [6, 6.07) is 171. The molecule has 29 rings (SSSR count). The lowest BCUT2D eigenvalue weighted by Gasteiger charge is -2.17. The van der Waals surface area contributed by atoms with Gasteiger partial charge in [-0.3, -0.25) is 13.7 Å². The second-order valence-electron chi connectivity index (χ2n) is 35.2. The lowest BCUT2D eigenvalue weighted by molar-refractivity contribution is 1.10. The maximum absolute atomic E-state index is 5.28. The molecule has 0 aliphatic heterocycles. The Hall–Kier alpha value is -17.7. The molecule has 26 aromatic carbocycles. The Labute approximate surface area is 765 Å². The van der Waals surface area contributed by atoms with E-state index in [0.29, 0.717) is 0 Å². The average Bonchev–Trinajstić information content (AvgIpc) is 1.28. The van der Waals surface area contributed by atoms with Gasteiger partial charge in [0.25, 0.3) is 0 Å². The highest BCUT2D eigenvalue weighted by atomic mass is 15.1. The van der Waals surface area contributed by atoms with Crippen molar-refractivity contribution in [2.24, 2.45) is 0 Å². The van der Waals surface area contributed by atoms with E-state index in [-0.39, 0.29) is 0 Å². The minimum atomic E-state index is 0.933. The average molecular weight is 1690 g/mol. The number of hydrogen-bond donors (Lipinski definition) is 0. The third kappa shape index (κ3) is 12.3. The van der Waals surface area contributed by atoms with Crippen molar-refractivity contribution in [3.8, 4) is 95.7 Å². The van der Waals surface area contributed by atoms with Crippen molar-refractivity contribution >= 4 is 173 Å². The van der Waals surface area contributed by atoms with Crippen molar-refractivity contribution in [2.75, 3.05) is 0 Å². The van der Waals surface area contributed by atoms with E-state index in [4.69, 9.17) is 15.0 Å². The number of benzene rings is 26. The molecular formula is C127H78N6. The van der Waals surface area contributed by atoms with Gasteiger partial charge in [-0.25, -0.2) is 15.0 Å². The first-order valence-corrected chi connectivity index (χ1v) is 45.7. The largest absolute Gasteiger partial charge is 0.292 e. The maximum atomic E-state index is 5.28. The standard InChI is InChI=1S/C49H30N2.2C39H24N2/c1-2-11-34(12-3-1)49-50-45-30-35(38-17-6-13-31-10-4-5-16-37(31)38)24-29-46(45)51(49)36-25-22-32(23-26-36)39-27-28-44-42-19-8-15-33-14-7-18-41(47(33)42)43-21-9-20-40(39)48(43)44;1-2-11-31-25(7-1)8-6-12-34(31)39-40-35-13-3-4-14-36(35)41(39)30-21-17-26(18-22-30)32-23-19-29-16-15-27-9-5-10-28-20-24-33(32)38(29)37(27)28;1-2-7-30-24-31(15-12-25(30)6-1)39-40-35-10-3-4-11-36(35)41(39)32-20-16-26(17-21-32)33-22-18-29-14-13-27-8-5-9-28-19-23-34(33)38(29)37(27)28/h1-30H;2*1-24H. The Bertz CT molecular complexity index is 9600. The Morgan fingerprint density at radius 2 is 0.451 bits per heavy atom. The van der Waals surface area contributed by atoms with Gasteiger partial charge in [0.2, 0.25) is 0 Å². The highest BCUT2D eigenvalue weighted by Gasteiger charge is 2.24. The van der Waals surface area contributed by atoms with E-state index in [0.717, 1.165) is 84.3 Å². The lowest BCUT2D eigenvalue weighted by atomic mass is 9.87. The summed E-state index contributed by atoms with van der Waals surface area (Å²) in [5.41, 5.74) is 22.6. The fourth-order valence-corrected chi connectivity index (χ4v) is 21.7. The van der Waals surface area contributed by atoms with Crippen LogP contribution in [0.15, 0.2) is 473 Å². The van der Waals surface area contributed by atoms with Crippen LogP contribution < -0.4 is 0 Å². The highest BCUT2D eigenvalue weighted by Crippen LogP contribution is 2.48. The number of imidazole rings is 3. The SMILES string of the molecule is c1ccc(-c2nc3cc(-c4cccc5ccccc45)ccc3n2-c2ccc(-c3ccc4c5cccc6cccc(c7cccc3c74)c65)cc2)cc1.c1ccc2c(-c3nc4ccccc4n3-c3ccc(-c4ccc5ccc6cccc7ccc4c5c67)cc3)cccc2c1.c1ccc2cc(-c3nc4ccccc4n3-c3ccc(-c4ccc5ccc6cccc7ccc4c5c67)cc3)ccc2c1. The van der Waals surface area contributed by atoms with Crippen LogP contribution in [-0.4, -0.2) is 28.7 Å².